The Morgan fingerprint density at radius 3 is 1.26 bits per heavy atom. The number of unbranched alkanes of at least 4 members (excludes halogenated alkanes) is 26. The molecule has 1 unspecified atom stereocenters. The van der Waals surface area contributed by atoms with Crippen LogP contribution in [0.2, 0.25) is 0 Å². The first kappa shape index (κ1) is 43.4. The molecule has 274 valence electrons. The number of amidine groups is 1. The number of rotatable bonds is 37. The van der Waals surface area contributed by atoms with E-state index in [-0.39, 0.29) is 11.9 Å². The Morgan fingerprint density at radius 1 is 0.511 bits per heavy atom. The van der Waals surface area contributed by atoms with E-state index in [4.69, 9.17) is 25.4 Å². The smallest absolute Gasteiger partial charge is 0.122 e. The Bertz CT molecular complexity index is 785. The second kappa shape index (κ2) is 34.3. The zero-order chi connectivity index (χ0) is 33.9. The van der Waals surface area contributed by atoms with E-state index in [1.54, 1.807) is 0 Å². The van der Waals surface area contributed by atoms with Crippen LogP contribution in [0.1, 0.15) is 199 Å². The molecule has 47 heavy (non-hydrogen) atoms. The van der Waals surface area contributed by atoms with Gasteiger partial charge in [0.15, 0.2) is 0 Å². The van der Waals surface area contributed by atoms with Gasteiger partial charge in [-0.15, -0.1) is 0 Å². The standard InChI is InChI=1S/C42H78N2O3/c1-3-5-7-9-11-13-15-17-19-21-23-25-27-29-35-45-37-41(38-47-40-33-31-39(32-34-40)42(43)44)46-36-30-28-26-24-22-20-18-16-14-12-10-8-6-4-2/h31-34,41H,3-30,35-38H2,1-2H3,(H3,43,44). The summed E-state index contributed by atoms with van der Waals surface area (Å²) < 4.78 is 18.4. The molecule has 1 aromatic rings. The van der Waals surface area contributed by atoms with Gasteiger partial charge in [-0.25, -0.2) is 0 Å². The predicted octanol–water partition coefficient (Wildman–Crippen LogP) is 12.7. The van der Waals surface area contributed by atoms with E-state index in [1.807, 2.05) is 24.3 Å². The Morgan fingerprint density at radius 2 is 0.872 bits per heavy atom. The molecule has 0 aromatic heterocycles. The number of nitrogens with one attached hydrogen (secondary N) is 1. The van der Waals surface area contributed by atoms with E-state index in [1.165, 1.54) is 167 Å². The van der Waals surface area contributed by atoms with Crippen molar-refractivity contribution in [1.29, 1.82) is 5.41 Å². The highest BCUT2D eigenvalue weighted by molar-refractivity contribution is 5.94. The summed E-state index contributed by atoms with van der Waals surface area (Å²) in [5.74, 6) is 0.842. The summed E-state index contributed by atoms with van der Waals surface area (Å²) in [5.41, 5.74) is 6.30. The Hall–Kier alpha value is -1.59. The van der Waals surface area contributed by atoms with E-state index in [0.717, 1.165) is 31.8 Å². The van der Waals surface area contributed by atoms with Crippen molar-refractivity contribution in [2.24, 2.45) is 5.73 Å². The van der Waals surface area contributed by atoms with Crippen molar-refractivity contribution in [3.8, 4) is 5.75 Å². The van der Waals surface area contributed by atoms with Gasteiger partial charge in [-0.3, -0.25) is 5.41 Å². The zero-order valence-corrected chi connectivity index (χ0v) is 31.3. The fourth-order valence-electron chi connectivity index (χ4n) is 6.22. The maximum Gasteiger partial charge on any atom is 0.122 e. The van der Waals surface area contributed by atoms with Crippen LogP contribution in [0.15, 0.2) is 24.3 Å². The van der Waals surface area contributed by atoms with E-state index in [9.17, 15) is 0 Å². The maximum atomic E-state index is 7.59. The van der Waals surface area contributed by atoms with Crippen molar-refractivity contribution in [2.45, 2.75) is 200 Å². The van der Waals surface area contributed by atoms with E-state index < -0.39 is 0 Å². The van der Waals surface area contributed by atoms with Crippen LogP contribution in [0.3, 0.4) is 0 Å². The van der Waals surface area contributed by atoms with Gasteiger partial charge in [0.25, 0.3) is 0 Å². The molecule has 0 amide bonds. The molecule has 5 nitrogen and oxygen atoms in total. The van der Waals surface area contributed by atoms with Crippen molar-refractivity contribution in [2.75, 3.05) is 26.4 Å². The highest BCUT2D eigenvalue weighted by Gasteiger charge is 2.11. The molecule has 5 heteroatoms. The molecule has 0 saturated heterocycles. The number of nitrogen functional groups attached to an aromatic ring is 1. The van der Waals surface area contributed by atoms with Gasteiger partial charge in [-0.05, 0) is 37.1 Å². The summed E-state index contributed by atoms with van der Waals surface area (Å²) in [7, 11) is 0. The average molecular weight is 659 g/mol. The molecule has 0 aliphatic carbocycles. The third-order valence-electron chi connectivity index (χ3n) is 9.40. The molecular weight excluding hydrogens is 580 g/mol. The zero-order valence-electron chi connectivity index (χ0n) is 31.3. The number of hydrogen-bond donors (Lipinski definition) is 2. The van der Waals surface area contributed by atoms with Crippen LogP contribution in [0.25, 0.3) is 0 Å². The van der Waals surface area contributed by atoms with Gasteiger partial charge >= 0.3 is 0 Å². The third kappa shape index (κ3) is 29.1. The molecule has 0 aliphatic rings. The molecule has 1 atom stereocenters. The monoisotopic (exact) mass is 659 g/mol. The summed E-state index contributed by atoms with van der Waals surface area (Å²) >= 11 is 0. The Kier molecular flexibility index (Phi) is 31.7. The quantitative estimate of drug-likeness (QED) is 0.0424. The summed E-state index contributed by atoms with van der Waals surface area (Å²) in [6.07, 6.45) is 38.2. The fourth-order valence-corrected chi connectivity index (χ4v) is 6.22. The van der Waals surface area contributed by atoms with Crippen molar-refractivity contribution in [1.82, 2.24) is 0 Å². The van der Waals surface area contributed by atoms with Gasteiger partial charge < -0.3 is 19.9 Å². The number of ether oxygens (including phenoxy) is 3. The molecule has 0 saturated carbocycles. The summed E-state index contributed by atoms with van der Waals surface area (Å²) in [5, 5.41) is 7.59. The van der Waals surface area contributed by atoms with Crippen LogP contribution < -0.4 is 10.5 Å². The van der Waals surface area contributed by atoms with Gasteiger partial charge in [0.1, 0.15) is 24.3 Å². The van der Waals surface area contributed by atoms with E-state index in [0.29, 0.717) is 18.8 Å². The minimum atomic E-state index is -0.0731. The van der Waals surface area contributed by atoms with Gasteiger partial charge in [0.05, 0.1) is 6.61 Å². The lowest BCUT2D eigenvalue weighted by atomic mass is 10.0. The molecule has 0 heterocycles. The van der Waals surface area contributed by atoms with Gasteiger partial charge in [-0.2, -0.15) is 0 Å². The lowest BCUT2D eigenvalue weighted by molar-refractivity contribution is -0.0389. The van der Waals surface area contributed by atoms with Gasteiger partial charge in [0, 0.05) is 18.8 Å². The SMILES string of the molecule is CCCCCCCCCCCCCCCCOCC(COc1ccc(C(=N)N)cc1)OCCCCCCCCCCCCCCCC. The Balaban J connectivity index is 2.13. The molecule has 3 N–H and O–H groups in total. The topological polar surface area (TPSA) is 77.6 Å². The first-order chi connectivity index (χ1) is 23.2. The van der Waals surface area contributed by atoms with Crippen molar-refractivity contribution < 1.29 is 14.2 Å². The van der Waals surface area contributed by atoms with Crippen molar-refractivity contribution >= 4 is 5.84 Å². The van der Waals surface area contributed by atoms with E-state index >= 15 is 0 Å². The molecular formula is C42H78N2O3. The highest BCUT2D eigenvalue weighted by atomic mass is 16.6. The second-order valence-corrected chi connectivity index (χ2v) is 14.0. The lowest BCUT2D eigenvalue weighted by Gasteiger charge is -2.19. The van der Waals surface area contributed by atoms with Crippen LogP contribution in [0.4, 0.5) is 0 Å². The average Bonchev–Trinajstić information content (AvgIpc) is 3.08. The summed E-state index contributed by atoms with van der Waals surface area (Å²) in [6, 6.07) is 7.40. The number of hydrogen-bond acceptors (Lipinski definition) is 4. The minimum absolute atomic E-state index is 0.0721. The first-order valence-electron chi connectivity index (χ1n) is 20.4. The molecule has 0 radical (unpaired) electrons. The maximum absolute atomic E-state index is 7.59. The molecule has 0 bridgehead atoms. The third-order valence-corrected chi connectivity index (χ3v) is 9.40. The fraction of sp³-hybridized carbons (Fsp3) is 0.833. The van der Waals surface area contributed by atoms with Crippen LogP contribution in [-0.4, -0.2) is 38.4 Å². The molecule has 0 aliphatic heterocycles. The predicted molar refractivity (Wildman–Crippen MR) is 204 cm³/mol. The Labute approximate surface area is 292 Å². The normalized spacial score (nSPS) is 12.0. The van der Waals surface area contributed by atoms with Crippen molar-refractivity contribution in [3.05, 3.63) is 29.8 Å². The van der Waals surface area contributed by atoms with Crippen molar-refractivity contribution in [3.63, 3.8) is 0 Å². The summed E-state index contributed by atoms with van der Waals surface area (Å²) in [4.78, 5) is 0. The van der Waals surface area contributed by atoms with Gasteiger partial charge in [-0.1, -0.05) is 181 Å². The number of benzene rings is 1. The molecule has 1 rings (SSSR count). The van der Waals surface area contributed by atoms with E-state index in [2.05, 4.69) is 13.8 Å². The molecule has 1 aromatic carbocycles. The second-order valence-electron chi connectivity index (χ2n) is 14.0. The van der Waals surface area contributed by atoms with Crippen LogP contribution in [0.5, 0.6) is 5.75 Å². The summed E-state index contributed by atoms with van der Waals surface area (Å²) in [6.45, 7) is 7.18. The molecule has 0 spiro atoms. The van der Waals surface area contributed by atoms with Gasteiger partial charge in [0.2, 0.25) is 0 Å². The number of nitrogens with two attached hydrogens (primary N) is 1. The van der Waals surface area contributed by atoms with Crippen LogP contribution in [-0.2, 0) is 9.47 Å². The first-order valence-corrected chi connectivity index (χ1v) is 20.4. The van der Waals surface area contributed by atoms with Crippen LogP contribution in [0, 0.1) is 5.41 Å². The lowest BCUT2D eigenvalue weighted by Crippen LogP contribution is -2.28. The largest absolute Gasteiger partial charge is 0.491 e. The molecule has 0 fully saturated rings. The van der Waals surface area contributed by atoms with Crippen LogP contribution >= 0.6 is 0 Å². The minimum Gasteiger partial charge on any atom is -0.491 e. The highest BCUT2D eigenvalue weighted by Crippen LogP contribution is 2.16.